The summed E-state index contributed by atoms with van der Waals surface area (Å²) < 4.78 is 0. The van der Waals surface area contributed by atoms with Crippen LogP contribution in [0.3, 0.4) is 0 Å². The van der Waals surface area contributed by atoms with Crippen LogP contribution in [0.4, 0.5) is 16.3 Å². The zero-order valence-corrected chi connectivity index (χ0v) is 13.2. The first-order valence-corrected chi connectivity index (χ1v) is 7.84. The third-order valence-corrected chi connectivity index (χ3v) is 3.90. The maximum atomic E-state index is 12.4. The van der Waals surface area contributed by atoms with Crippen molar-refractivity contribution in [3.05, 3.63) is 48.4 Å². The number of anilines is 2. The number of rotatable bonds is 2. The molecule has 3 heterocycles. The van der Waals surface area contributed by atoms with Crippen LogP contribution in [-0.4, -0.2) is 47.1 Å². The van der Waals surface area contributed by atoms with Gasteiger partial charge in [-0.3, -0.25) is 4.98 Å². The van der Waals surface area contributed by atoms with E-state index in [-0.39, 0.29) is 6.03 Å². The van der Waals surface area contributed by atoms with Crippen LogP contribution in [0.25, 0.3) is 0 Å². The number of aromatic nitrogens is 2. The Morgan fingerprint density at radius 1 is 1.17 bits per heavy atom. The van der Waals surface area contributed by atoms with Gasteiger partial charge >= 0.3 is 6.03 Å². The second kappa shape index (κ2) is 7.42. The molecule has 0 saturated carbocycles. The molecule has 1 fully saturated rings. The fourth-order valence-electron chi connectivity index (χ4n) is 2.71. The fourth-order valence-corrected chi connectivity index (χ4v) is 2.71. The summed E-state index contributed by atoms with van der Waals surface area (Å²) in [6.45, 7) is 2.65. The average Bonchev–Trinajstić information content (AvgIpc) is 2.88. The van der Waals surface area contributed by atoms with Crippen LogP contribution in [0, 0.1) is 11.3 Å². The molecule has 122 valence electrons. The van der Waals surface area contributed by atoms with E-state index in [0.29, 0.717) is 36.7 Å². The number of nitrogens with zero attached hydrogens (tertiary/aromatic N) is 5. The molecule has 2 aromatic heterocycles. The molecule has 0 radical (unpaired) electrons. The van der Waals surface area contributed by atoms with Crippen molar-refractivity contribution in [1.29, 1.82) is 5.26 Å². The van der Waals surface area contributed by atoms with E-state index in [1.807, 2.05) is 6.07 Å². The lowest BCUT2D eigenvalue weighted by atomic mass is 10.2. The first kappa shape index (κ1) is 15.7. The highest BCUT2D eigenvalue weighted by Gasteiger charge is 2.21. The summed E-state index contributed by atoms with van der Waals surface area (Å²) >= 11 is 0. The fraction of sp³-hybridized carbons (Fsp3) is 0.294. The van der Waals surface area contributed by atoms with Crippen LogP contribution in [0.5, 0.6) is 0 Å². The lowest BCUT2D eigenvalue weighted by molar-refractivity contribution is 0.215. The Bertz CT molecular complexity index is 742. The van der Waals surface area contributed by atoms with Gasteiger partial charge in [0.1, 0.15) is 11.9 Å². The molecule has 7 heteroatoms. The topological polar surface area (TPSA) is 85.2 Å². The first-order chi connectivity index (χ1) is 11.8. The van der Waals surface area contributed by atoms with Crippen molar-refractivity contribution in [3.63, 3.8) is 0 Å². The van der Waals surface area contributed by atoms with Crippen LogP contribution in [0.15, 0.2) is 42.9 Å². The van der Waals surface area contributed by atoms with Gasteiger partial charge in [0.25, 0.3) is 0 Å². The van der Waals surface area contributed by atoms with E-state index in [4.69, 9.17) is 0 Å². The third kappa shape index (κ3) is 3.60. The Hall–Kier alpha value is -3.14. The molecule has 0 aliphatic carbocycles. The van der Waals surface area contributed by atoms with E-state index in [9.17, 15) is 10.1 Å². The van der Waals surface area contributed by atoms with E-state index in [1.54, 1.807) is 41.7 Å². The summed E-state index contributed by atoms with van der Waals surface area (Å²) in [6.07, 6.45) is 5.80. The number of pyridine rings is 2. The SMILES string of the molecule is N#Cc1cccnc1N1CCCN(C(=O)Nc2cccnc2)CC1. The molecule has 1 N–H and O–H groups in total. The van der Waals surface area contributed by atoms with E-state index >= 15 is 0 Å². The second-order valence-corrected chi connectivity index (χ2v) is 5.49. The normalized spacial score (nSPS) is 14.6. The summed E-state index contributed by atoms with van der Waals surface area (Å²) in [4.78, 5) is 24.6. The minimum absolute atomic E-state index is 0.133. The van der Waals surface area contributed by atoms with Crippen LogP contribution in [0.2, 0.25) is 0 Å². The maximum absolute atomic E-state index is 12.4. The standard InChI is InChI=1S/C17H18N6O/c18-12-14-4-1-7-20-16(14)22-8-3-9-23(11-10-22)17(24)21-15-5-2-6-19-13-15/h1-2,4-7,13H,3,8-11H2,(H,21,24). The van der Waals surface area contributed by atoms with Crippen molar-refractivity contribution in [3.8, 4) is 6.07 Å². The molecule has 2 aromatic rings. The summed E-state index contributed by atoms with van der Waals surface area (Å²) in [5, 5.41) is 12.1. The van der Waals surface area contributed by atoms with Gasteiger partial charge in [-0.25, -0.2) is 9.78 Å². The van der Waals surface area contributed by atoms with Gasteiger partial charge in [0.05, 0.1) is 17.4 Å². The highest BCUT2D eigenvalue weighted by atomic mass is 16.2. The number of nitrogens with one attached hydrogen (secondary N) is 1. The van der Waals surface area contributed by atoms with Crippen LogP contribution >= 0.6 is 0 Å². The summed E-state index contributed by atoms with van der Waals surface area (Å²) in [5.74, 6) is 0.689. The number of nitriles is 1. The Labute approximate surface area is 140 Å². The van der Waals surface area contributed by atoms with Gasteiger partial charge in [0.15, 0.2) is 0 Å². The summed E-state index contributed by atoms with van der Waals surface area (Å²) in [7, 11) is 0. The molecule has 1 saturated heterocycles. The molecule has 0 bridgehead atoms. The number of carbonyl (C=O) groups excluding carboxylic acids is 1. The minimum atomic E-state index is -0.133. The minimum Gasteiger partial charge on any atom is -0.354 e. The summed E-state index contributed by atoms with van der Waals surface area (Å²) in [6, 6.07) is 9.15. The van der Waals surface area contributed by atoms with Crippen LogP contribution < -0.4 is 10.2 Å². The Morgan fingerprint density at radius 2 is 2.04 bits per heavy atom. The van der Waals surface area contributed by atoms with Gasteiger partial charge in [-0.1, -0.05) is 0 Å². The van der Waals surface area contributed by atoms with Gasteiger partial charge in [-0.05, 0) is 30.7 Å². The van der Waals surface area contributed by atoms with Gasteiger partial charge < -0.3 is 15.1 Å². The molecule has 0 atom stereocenters. The van der Waals surface area contributed by atoms with Crippen LogP contribution in [0.1, 0.15) is 12.0 Å². The van der Waals surface area contributed by atoms with E-state index in [2.05, 4.69) is 26.3 Å². The molecule has 0 spiro atoms. The Kier molecular flexibility index (Phi) is 4.87. The van der Waals surface area contributed by atoms with Gasteiger partial charge in [0.2, 0.25) is 0 Å². The molecule has 0 unspecified atom stereocenters. The smallest absolute Gasteiger partial charge is 0.321 e. The lowest BCUT2D eigenvalue weighted by Crippen LogP contribution is -2.38. The van der Waals surface area contributed by atoms with E-state index in [1.165, 1.54) is 0 Å². The monoisotopic (exact) mass is 322 g/mol. The predicted octanol–water partition coefficient (Wildman–Crippen LogP) is 2.09. The zero-order chi connectivity index (χ0) is 16.8. The number of hydrogen-bond acceptors (Lipinski definition) is 5. The molecule has 7 nitrogen and oxygen atoms in total. The van der Waals surface area contributed by atoms with Gasteiger partial charge in [-0.2, -0.15) is 5.26 Å². The van der Waals surface area contributed by atoms with Crippen molar-refractivity contribution in [2.24, 2.45) is 0 Å². The second-order valence-electron chi connectivity index (χ2n) is 5.49. The molecule has 24 heavy (non-hydrogen) atoms. The van der Waals surface area contributed by atoms with Crippen molar-refractivity contribution >= 4 is 17.5 Å². The quantitative estimate of drug-likeness (QED) is 0.915. The Morgan fingerprint density at radius 3 is 2.83 bits per heavy atom. The van der Waals surface area contributed by atoms with Crippen molar-refractivity contribution in [2.75, 3.05) is 36.4 Å². The molecular formula is C17H18N6O. The third-order valence-electron chi connectivity index (χ3n) is 3.90. The van der Waals surface area contributed by atoms with E-state index in [0.717, 1.165) is 13.0 Å². The van der Waals surface area contributed by atoms with Crippen molar-refractivity contribution < 1.29 is 4.79 Å². The highest BCUT2D eigenvalue weighted by Crippen LogP contribution is 2.18. The van der Waals surface area contributed by atoms with Crippen molar-refractivity contribution in [2.45, 2.75) is 6.42 Å². The van der Waals surface area contributed by atoms with Crippen LogP contribution in [-0.2, 0) is 0 Å². The number of amides is 2. The van der Waals surface area contributed by atoms with Gasteiger partial charge in [-0.15, -0.1) is 0 Å². The first-order valence-electron chi connectivity index (χ1n) is 7.84. The zero-order valence-electron chi connectivity index (χ0n) is 13.2. The molecule has 1 aliphatic rings. The number of urea groups is 1. The number of hydrogen-bond donors (Lipinski definition) is 1. The lowest BCUT2D eigenvalue weighted by Gasteiger charge is -2.23. The van der Waals surface area contributed by atoms with Gasteiger partial charge in [0, 0.05) is 38.6 Å². The molecule has 0 aromatic carbocycles. The predicted molar refractivity (Wildman–Crippen MR) is 90.6 cm³/mol. The molecule has 2 amide bonds. The number of carbonyl (C=O) groups is 1. The summed E-state index contributed by atoms with van der Waals surface area (Å²) in [5.41, 5.74) is 1.24. The van der Waals surface area contributed by atoms with Crippen molar-refractivity contribution in [1.82, 2.24) is 14.9 Å². The molecular weight excluding hydrogens is 304 g/mol. The molecule has 3 rings (SSSR count). The highest BCUT2D eigenvalue weighted by molar-refractivity contribution is 5.89. The Balaban J connectivity index is 1.65. The molecule has 1 aliphatic heterocycles. The largest absolute Gasteiger partial charge is 0.354 e. The average molecular weight is 322 g/mol. The maximum Gasteiger partial charge on any atom is 0.321 e. The van der Waals surface area contributed by atoms with E-state index < -0.39 is 0 Å².